The summed E-state index contributed by atoms with van der Waals surface area (Å²) in [6, 6.07) is 7.54. The molecule has 3 nitrogen and oxygen atoms in total. The van der Waals surface area contributed by atoms with Crippen molar-refractivity contribution in [1.82, 2.24) is 0 Å². The maximum absolute atomic E-state index is 11.7. The van der Waals surface area contributed by atoms with Gasteiger partial charge in [0.1, 0.15) is 0 Å². The van der Waals surface area contributed by atoms with Crippen LogP contribution in [0.5, 0.6) is 0 Å². The monoisotopic (exact) mass is 284 g/mol. The molecule has 0 radical (unpaired) electrons. The van der Waals surface area contributed by atoms with Gasteiger partial charge in [0.05, 0.1) is 10.9 Å². The van der Waals surface area contributed by atoms with Crippen LogP contribution < -0.4 is 0 Å². The van der Waals surface area contributed by atoms with Crippen molar-refractivity contribution >= 4 is 9.84 Å². The molecule has 1 aromatic rings. The van der Waals surface area contributed by atoms with Crippen LogP contribution in [-0.2, 0) is 16.3 Å². The second-order valence-corrected chi connectivity index (χ2v) is 8.71. The first-order valence-corrected chi connectivity index (χ1v) is 8.41. The van der Waals surface area contributed by atoms with E-state index in [-0.39, 0.29) is 0 Å². The first-order chi connectivity index (χ1) is 8.55. The van der Waals surface area contributed by atoms with Gasteiger partial charge in [-0.2, -0.15) is 0 Å². The number of hydrogen-bond acceptors (Lipinski definition) is 3. The fourth-order valence-electron chi connectivity index (χ4n) is 1.91. The smallest absolute Gasteiger partial charge is 0.155 e. The fraction of sp³-hybridized carbons (Fsp3) is 0.600. The Labute approximate surface area is 116 Å². The Morgan fingerprint density at radius 2 is 1.63 bits per heavy atom. The van der Waals surface area contributed by atoms with Gasteiger partial charge in [-0.15, -0.1) is 0 Å². The summed E-state index contributed by atoms with van der Waals surface area (Å²) in [7, 11) is -3.33. The molecule has 108 valence electrons. The predicted octanol–water partition coefficient (Wildman–Crippen LogP) is 2.74. The van der Waals surface area contributed by atoms with Gasteiger partial charge in [0.15, 0.2) is 9.84 Å². The summed E-state index contributed by atoms with van der Waals surface area (Å²) in [5.41, 5.74) is 1.84. The zero-order valence-electron chi connectivity index (χ0n) is 12.3. The van der Waals surface area contributed by atoms with Gasteiger partial charge in [-0.25, -0.2) is 8.42 Å². The minimum Gasteiger partial charge on any atom is -0.387 e. The highest BCUT2D eigenvalue weighted by atomic mass is 32.2. The summed E-state index contributed by atoms with van der Waals surface area (Å²) in [5.74, 6) is 0.572. The first-order valence-electron chi connectivity index (χ1n) is 6.52. The molecular weight excluding hydrogens is 260 g/mol. The molecule has 0 heterocycles. The molecule has 0 fully saturated rings. The third-order valence-corrected chi connectivity index (χ3v) is 5.69. The third-order valence-electron chi connectivity index (χ3n) is 3.55. The van der Waals surface area contributed by atoms with Gasteiger partial charge in [0.2, 0.25) is 0 Å². The van der Waals surface area contributed by atoms with E-state index in [2.05, 4.69) is 13.8 Å². The van der Waals surface area contributed by atoms with Crippen molar-refractivity contribution in [3.05, 3.63) is 35.4 Å². The molecule has 4 heteroatoms. The zero-order chi connectivity index (χ0) is 14.8. The van der Waals surface area contributed by atoms with Crippen molar-refractivity contribution in [3.8, 4) is 0 Å². The van der Waals surface area contributed by atoms with Crippen molar-refractivity contribution in [2.24, 2.45) is 5.92 Å². The summed E-state index contributed by atoms with van der Waals surface area (Å²) in [6.45, 7) is 7.40. The Kier molecular flexibility index (Phi) is 4.80. The Morgan fingerprint density at radius 3 is 2.00 bits per heavy atom. The maximum Gasteiger partial charge on any atom is 0.155 e. The Hall–Kier alpha value is -0.870. The van der Waals surface area contributed by atoms with Gasteiger partial charge in [-0.05, 0) is 37.3 Å². The third kappa shape index (κ3) is 3.80. The van der Waals surface area contributed by atoms with Crippen molar-refractivity contribution in [3.63, 3.8) is 0 Å². The second-order valence-electron chi connectivity index (χ2n) is 6.12. The molecule has 1 rings (SSSR count). The van der Waals surface area contributed by atoms with Crippen molar-refractivity contribution < 1.29 is 13.5 Å². The van der Waals surface area contributed by atoms with E-state index in [1.165, 1.54) is 5.56 Å². The van der Waals surface area contributed by atoms with Crippen molar-refractivity contribution in [2.45, 2.75) is 45.0 Å². The maximum atomic E-state index is 11.7. The molecule has 0 saturated carbocycles. The van der Waals surface area contributed by atoms with Gasteiger partial charge >= 0.3 is 0 Å². The quantitative estimate of drug-likeness (QED) is 0.904. The minimum atomic E-state index is -3.33. The number of aliphatic hydroxyl groups excluding tert-OH is 1. The molecule has 0 aromatic heterocycles. The number of rotatable bonds is 5. The molecule has 0 aliphatic carbocycles. The van der Waals surface area contributed by atoms with E-state index >= 15 is 0 Å². The number of aliphatic hydroxyl groups is 1. The molecule has 0 saturated heterocycles. The standard InChI is InChI=1S/C15H24O3S/c1-11(2)10-12-6-8-13(9-7-12)14(16)15(3,4)19(5,17)18/h6-9,11,14,16H,10H2,1-5H3. The summed E-state index contributed by atoms with van der Waals surface area (Å²) in [4.78, 5) is 0. The number of benzene rings is 1. The van der Waals surface area contributed by atoms with Gasteiger partial charge < -0.3 is 5.11 Å². The molecular formula is C15H24O3S. The van der Waals surface area contributed by atoms with Crippen LogP contribution in [0.25, 0.3) is 0 Å². The van der Waals surface area contributed by atoms with Crippen LogP contribution >= 0.6 is 0 Å². The SMILES string of the molecule is CC(C)Cc1ccc(C(O)C(C)(C)S(C)(=O)=O)cc1. The van der Waals surface area contributed by atoms with Gasteiger partial charge in [0, 0.05) is 6.26 Å². The van der Waals surface area contributed by atoms with E-state index in [9.17, 15) is 13.5 Å². The van der Waals surface area contributed by atoms with Gasteiger partial charge in [-0.1, -0.05) is 38.1 Å². The van der Waals surface area contributed by atoms with E-state index < -0.39 is 20.7 Å². The molecule has 1 atom stereocenters. The molecule has 0 amide bonds. The number of sulfone groups is 1. The van der Waals surface area contributed by atoms with E-state index in [4.69, 9.17) is 0 Å². The van der Waals surface area contributed by atoms with Crippen molar-refractivity contribution in [2.75, 3.05) is 6.26 Å². The molecule has 0 aliphatic rings. The van der Waals surface area contributed by atoms with E-state index in [0.717, 1.165) is 12.7 Å². The van der Waals surface area contributed by atoms with Gasteiger partial charge in [0.25, 0.3) is 0 Å². The van der Waals surface area contributed by atoms with Crippen LogP contribution in [-0.4, -0.2) is 24.5 Å². The molecule has 1 N–H and O–H groups in total. The highest BCUT2D eigenvalue weighted by molar-refractivity contribution is 7.92. The lowest BCUT2D eigenvalue weighted by molar-refractivity contribution is 0.139. The average molecular weight is 284 g/mol. The molecule has 0 aliphatic heterocycles. The predicted molar refractivity (Wildman–Crippen MR) is 78.9 cm³/mol. The average Bonchev–Trinajstić information content (AvgIpc) is 2.26. The lowest BCUT2D eigenvalue weighted by Gasteiger charge is -2.29. The van der Waals surface area contributed by atoms with Gasteiger partial charge in [-0.3, -0.25) is 0 Å². The zero-order valence-corrected chi connectivity index (χ0v) is 13.2. The van der Waals surface area contributed by atoms with Crippen molar-refractivity contribution in [1.29, 1.82) is 0 Å². The largest absolute Gasteiger partial charge is 0.387 e. The molecule has 0 bridgehead atoms. The van der Waals surface area contributed by atoms with E-state index in [1.54, 1.807) is 13.8 Å². The Bertz CT molecular complexity index is 513. The first kappa shape index (κ1) is 16.2. The molecule has 19 heavy (non-hydrogen) atoms. The Morgan fingerprint density at radius 1 is 1.16 bits per heavy atom. The highest BCUT2D eigenvalue weighted by Crippen LogP contribution is 2.32. The number of hydrogen-bond donors (Lipinski definition) is 1. The summed E-state index contributed by atoms with van der Waals surface area (Å²) >= 11 is 0. The van der Waals surface area contributed by atoms with Crippen LogP contribution in [0.15, 0.2) is 24.3 Å². The van der Waals surface area contributed by atoms with Crippen LogP contribution in [0.4, 0.5) is 0 Å². The molecule has 0 spiro atoms. The normalized spacial score (nSPS) is 14.7. The Balaban J connectivity index is 2.99. The molecule has 1 unspecified atom stereocenters. The molecule has 1 aromatic carbocycles. The van der Waals surface area contributed by atoms with Crippen LogP contribution in [0.3, 0.4) is 0 Å². The topological polar surface area (TPSA) is 54.4 Å². The summed E-state index contributed by atoms with van der Waals surface area (Å²) < 4.78 is 22.3. The van der Waals surface area contributed by atoms with E-state index in [0.29, 0.717) is 11.5 Å². The minimum absolute atomic E-state index is 0.572. The lowest BCUT2D eigenvalue weighted by atomic mass is 9.95. The summed E-state index contributed by atoms with van der Waals surface area (Å²) in [6.07, 6.45) is 1.12. The lowest BCUT2D eigenvalue weighted by Crippen LogP contribution is -2.37. The van der Waals surface area contributed by atoms with Crippen LogP contribution in [0.1, 0.15) is 44.9 Å². The van der Waals surface area contributed by atoms with Crippen LogP contribution in [0.2, 0.25) is 0 Å². The highest BCUT2D eigenvalue weighted by Gasteiger charge is 2.38. The summed E-state index contributed by atoms with van der Waals surface area (Å²) in [5, 5.41) is 10.3. The van der Waals surface area contributed by atoms with E-state index in [1.807, 2.05) is 24.3 Å². The van der Waals surface area contributed by atoms with Crippen LogP contribution in [0, 0.1) is 5.92 Å². The fourth-order valence-corrected chi connectivity index (χ4v) is 2.45. The second kappa shape index (κ2) is 5.63.